The number of hydrogen-bond donors (Lipinski definition) is 0. The first-order valence-electron chi connectivity index (χ1n) is 8.36. The number of fused-ring (bicyclic) bond motifs is 1. The Kier molecular flexibility index (Phi) is 3.53. The number of nitrogens with zero attached hydrogens (tertiary/aromatic N) is 2. The van der Waals surface area contributed by atoms with Gasteiger partial charge in [0, 0.05) is 31.1 Å². The number of benzene rings is 1. The van der Waals surface area contributed by atoms with Crippen molar-refractivity contribution in [1.82, 2.24) is 9.78 Å². The smallest absolute Gasteiger partial charge is 0.181 e. The van der Waals surface area contributed by atoms with Gasteiger partial charge in [-0.05, 0) is 60.9 Å². The molecule has 0 radical (unpaired) electrons. The van der Waals surface area contributed by atoms with Gasteiger partial charge in [-0.25, -0.2) is 0 Å². The van der Waals surface area contributed by atoms with Crippen LogP contribution in [0.15, 0.2) is 30.5 Å². The molecule has 3 heteroatoms. The summed E-state index contributed by atoms with van der Waals surface area (Å²) in [7, 11) is 1.82. The number of ketones is 1. The highest BCUT2D eigenvalue weighted by Gasteiger charge is 2.26. The molecule has 2 aliphatic rings. The number of Topliss-reactive ketones (excluding diaryl/α,β-unsaturated/α-hetero) is 1. The van der Waals surface area contributed by atoms with Crippen molar-refractivity contribution in [2.24, 2.45) is 13.0 Å². The molecule has 1 fully saturated rings. The molecule has 116 valence electrons. The number of carbonyl (C=O) groups excluding carboxylic acids is 1. The van der Waals surface area contributed by atoms with Gasteiger partial charge < -0.3 is 0 Å². The van der Waals surface area contributed by atoms with E-state index in [4.69, 9.17) is 0 Å². The molecule has 0 N–H and O–H groups in total. The van der Waals surface area contributed by atoms with Gasteiger partial charge in [-0.3, -0.25) is 9.48 Å². The molecule has 23 heavy (non-hydrogen) atoms. The maximum absolute atomic E-state index is 12.5. The minimum atomic E-state index is 0.181. The lowest BCUT2D eigenvalue weighted by Crippen LogP contribution is -2.10. The Morgan fingerprint density at radius 3 is 2.91 bits per heavy atom. The summed E-state index contributed by atoms with van der Waals surface area (Å²) in [6, 6.07) is 8.32. The van der Waals surface area contributed by atoms with Gasteiger partial charge in [-0.1, -0.05) is 17.9 Å². The Balaban J connectivity index is 1.50. The molecule has 1 heterocycles. The highest BCUT2D eigenvalue weighted by atomic mass is 16.1. The molecule has 1 atom stereocenters. The van der Waals surface area contributed by atoms with Crippen molar-refractivity contribution in [2.75, 3.05) is 0 Å². The highest BCUT2D eigenvalue weighted by Crippen LogP contribution is 2.36. The summed E-state index contributed by atoms with van der Waals surface area (Å²) in [4.78, 5) is 12.5. The molecular weight excluding hydrogens is 284 g/mol. The summed E-state index contributed by atoms with van der Waals surface area (Å²) in [5.41, 5.74) is 4.52. The molecule has 0 amide bonds. The molecule has 0 spiro atoms. The van der Waals surface area contributed by atoms with Gasteiger partial charge in [0.25, 0.3) is 0 Å². The van der Waals surface area contributed by atoms with E-state index in [1.54, 1.807) is 16.9 Å². The van der Waals surface area contributed by atoms with E-state index >= 15 is 0 Å². The maximum Gasteiger partial charge on any atom is 0.181 e. The molecule has 3 nitrogen and oxygen atoms in total. The van der Waals surface area contributed by atoms with Crippen molar-refractivity contribution in [3.63, 3.8) is 0 Å². The predicted octanol–water partition coefficient (Wildman–Crippen LogP) is 3.48. The van der Waals surface area contributed by atoms with Crippen LogP contribution in [0.4, 0.5) is 0 Å². The average molecular weight is 304 g/mol. The van der Waals surface area contributed by atoms with E-state index in [9.17, 15) is 4.79 Å². The van der Waals surface area contributed by atoms with E-state index in [0.29, 0.717) is 24.0 Å². The van der Waals surface area contributed by atoms with Gasteiger partial charge >= 0.3 is 0 Å². The summed E-state index contributed by atoms with van der Waals surface area (Å²) < 4.78 is 1.66. The largest absolute Gasteiger partial charge is 0.292 e. The summed E-state index contributed by atoms with van der Waals surface area (Å²) in [5.74, 6) is 7.76. The fraction of sp³-hybridized carbons (Fsp3) is 0.400. The summed E-state index contributed by atoms with van der Waals surface area (Å²) in [6.45, 7) is 0. The molecule has 2 aromatic rings. The van der Waals surface area contributed by atoms with Crippen LogP contribution in [0.5, 0.6) is 0 Å². The zero-order valence-electron chi connectivity index (χ0n) is 13.4. The maximum atomic E-state index is 12.5. The van der Waals surface area contributed by atoms with Crippen LogP contribution < -0.4 is 0 Å². The molecule has 1 aromatic carbocycles. The van der Waals surface area contributed by atoms with Crippen LogP contribution in [0.1, 0.15) is 58.8 Å². The first-order valence-corrected chi connectivity index (χ1v) is 8.36. The fourth-order valence-electron chi connectivity index (χ4n) is 3.38. The minimum absolute atomic E-state index is 0.181. The van der Waals surface area contributed by atoms with Crippen LogP contribution >= 0.6 is 0 Å². The summed E-state index contributed by atoms with van der Waals surface area (Å²) in [6.07, 6.45) is 6.88. The highest BCUT2D eigenvalue weighted by molar-refractivity contribution is 5.95. The third kappa shape index (κ3) is 2.94. The number of aryl methyl sites for hydroxylation is 2. The third-order valence-corrected chi connectivity index (χ3v) is 4.88. The van der Waals surface area contributed by atoms with Gasteiger partial charge in [0.15, 0.2) is 5.78 Å². The lowest BCUT2D eigenvalue weighted by Gasteiger charge is -2.11. The third-order valence-electron chi connectivity index (χ3n) is 4.88. The zero-order valence-corrected chi connectivity index (χ0v) is 13.4. The van der Waals surface area contributed by atoms with Crippen molar-refractivity contribution >= 4 is 5.78 Å². The SMILES string of the molecule is Cn1nccc1C(=O)C[C@@H]1CCc2cc(C#CC3CC3)ccc21. The van der Waals surface area contributed by atoms with E-state index in [2.05, 4.69) is 35.1 Å². The van der Waals surface area contributed by atoms with Crippen LogP contribution in [0, 0.1) is 17.8 Å². The van der Waals surface area contributed by atoms with Crippen LogP contribution in [0.25, 0.3) is 0 Å². The quantitative estimate of drug-likeness (QED) is 0.643. The Labute approximate surface area is 136 Å². The number of carbonyl (C=O) groups is 1. The van der Waals surface area contributed by atoms with Gasteiger partial charge in [0.2, 0.25) is 0 Å². The molecule has 1 saturated carbocycles. The lowest BCUT2D eigenvalue weighted by atomic mass is 9.94. The Morgan fingerprint density at radius 1 is 1.30 bits per heavy atom. The second-order valence-corrected chi connectivity index (χ2v) is 6.66. The fourth-order valence-corrected chi connectivity index (χ4v) is 3.38. The Hall–Kier alpha value is -2.34. The second-order valence-electron chi connectivity index (χ2n) is 6.66. The van der Waals surface area contributed by atoms with Gasteiger partial charge in [-0.2, -0.15) is 5.10 Å². The molecule has 0 aliphatic heterocycles. The first kappa shape index (κ1) is 14.3. The number of hydrogen-bond acceptors (Lipinski definition) is 2. The minimum Gasteiger partial charge on any atom is -0.292 e. The van der Waals surface area contributed by atoms with Gasteiger partial charge in [0.05, 0.1) is 0 Å². The van der Waals surface area contributed by atoms with Crippen molar-refractivity contribution < 1.29 is 4.79 Å². The topological polar surface area (TPSA) is 34.9 Å². The zero-order chi connectivity index (χ0) is 15.8. The van der Waals surface area contributed by atoms with E-state index in [1.807, 2.05) is 7.05 Å². The van der Waals surface area contributed by atoms with Crippen LogP contribution in [0.3, 0.4) is 0 Å². The lowest BCUT2D eigenvalue weighted by molar-refractivity contribution is 0.0964. The first-order chi connectivity index (χ1) is 11.2. The molecular formula is C20H20N2O. The van der Waals surface area contributed by atoms with Crippen LogP contribution in [0.2, 0.25) is 0 Å². The Bertz CT molecular complexity index is 818. The van der Waals surface area contributed by atoms with E-state index in [-0.39, 0.29) is 5.78 Å². The normalized spacial score (nSPS) is 19.1. The average Bonchev–Trinajstić information content (AvgIpc) is 3.16. The molecule has 1 aromatic heterocycles. The number of aromatic nitrogens is 2. The molecule has 0 bridgehead atoms. The molecule has 0 saturated heterocycles. The summed E-state index contributed by atoms with van der Waals surface area (Å²) >= 11 is 0. The molecule has 0 unspecified atom stereocenters. The van der Waals surface area contributed by atoms with Crippen LogP contribution in [-0.4, -0.2) is 15.6 Å². The Morgan fingerprint density at radius 2 is 2.17 bits per heavy atom. The van der Waals surface area contributed by atoms with Crippen molar-refractivity contribution in [3.8, 4) is 11.8 Å². The summed E-state index contributed by atoms with van der Waals surface area (Å²) in [5, 5.41) is 4.09. The van der Waals surface area contributed by atoms with E-state index < -0.39 is 0 Å². The molecule has 4 rings (SSSR count). The van der Waals surface area contributed by atoms with Crippen molar-refractivity contribution in [3.05, 3.63) is 52.8 Å². The van der Waals surface area contributed by atoms with E-state index in [1.165, 1.54) is 24.0 Å². The van der Waals surface area contributed by atoms with Crippen molar-refractivity contribution in [2.45, 2.75) is 38.0 Å². The van der Waals surface area contributed by atoms with Gasteiger partial charge in [-0.15, -0.1) is 0 Å². The standard InChI is InChI=1S/C20H20N2O/c1-22-19(10-11-21-22)20(23)13-17-8-7-16-12-15(6-9-18(16)17)5-4-14-2-3-14/h6,9-12,14,17H,2-3,7-8,13H2,1H3/t17-/m0/s1. The van der Waals surface area contributed by atoms with Gasteiger partial charge in [0.1, 0.15) is 5.69 Å². The molecule has 2 aliphatic carbocycles. The van der Waals surface area contributed by atoms with E-state index in [0.717, 1.165) is 18.4 Å². The van der Waals surface area contributed by atoms with Crippen LogP contribution in [-0.2, 0) is 13.5 Å². The number of rotatable bonds is 3. The second kappa shape index (κ2) is 5.70. The van der Waals surface area contributed by atoms with Crippen molar-refractivity contribution in [1.29, 1.82) is 0 Å². The monoisotopic (exact) mass is 304 g/mol. The predicted molar refractivity (Wildman–Crippen MR) is 89.3 cm³/mol.